The number of rotatable bonds is 2. The van der Waals surface area contributed by atoms with E-state index in [0.29, 0.717) is 6.61 Å². The molecule has 5 nitrogen and oxygen atoms in total. The van der Waals surface area contributed by atoms with Gasteiger partial charge in [0.15, 0.2) is 0 Å². The van der Waals surface area contributed by atoms with Crippen LogP contribution in [0.15, 0.2) is 0 Å². The first-order valence-electron chi connectivity index (χ1n) is 2.77. The first-order chi connectivity index (χ1) is 4.41. The van der Waals surface area contributed by atoms with Crippen LogP contribution in [0.1, 0.15) is 19.8 Å². The van der Waals surface area contributed by atoms with E-state index in [1.54, 1.807) is 0 Å². The Morgan fingerprint density at radius 1 is 1.45 bits per heavy atom. The number of aliphatic hydroxyl groups is 1. The Morgan fingerprint density at radius 3 is 1.73 bits per heavy atom. The molecule has 0 aliphatic rings. The van der Waals surface area contributed by atoms with Gasteiger partial charge < -0.3 is 24.4 Å². The van der Waals surface area contributed by atoms with Crippen LogP contribution in [0.2, 0.25) is 0 Å². The number of hydrogen-bond acceptors (Lipinski definition) is 4. The Morgan fingerprint density at radius 2 is 1.73 bits per heavy atom. The average molecular weight is 210 g/mol. The number of aliphatic hydroxyl groups excluding tert-OH is 1. The molecular formula is C4H11CaO5P. The van der Waals surface area contributed by atoms with Crippen LogP contribution in [0.25, 0.3) is 0 Å². The van der Waals surface area contributed by atoms with Crippen molar-refractivity contribution in [3.63, 3.8) is 0 Å². The van der Waals surface area contributed by atoms with E-state index in [2.05, 4.69) is 6.92 Å². The monoisotopic (exact) mass is 210 g/mol. The topological polar surface area (TPSA) is 104 Å². The van der Waals surface area contributed by atoms with Crippen molar-refractivity contribution in [2.75, 3.05) is 6.61 Å². The minimum atomic E-state index is -5.14. The Labute approximate surface area is 95.7 Å². The van der Waals surface area contributed by atoms with Crippen molar-refractivity contribution < 1.29 is 24.4 Å². The van der Waals surface area contributed by atoms with E-state index in [0.717, 1.165) is 12.8 Å². The summed E-state index contributed by atoms with van der Waals surface area (Å²) >= 11 is 0. The van der Waals surface area contributed by atoms with Crippen LogP contribution in [0, 0.1) is 0 Å². The predicted octanol–water partition coefficient (Wildman–Crippen LogP) is -1.79. The van der Waals surface area contributed by atoms with Crippen LogP contribution >= 0.6 is 7.82 Å². The maximum absolute atomic E-state index is 8.66. The van der Waals surface area contributed by atoms with E-state index in [1.807, 2.05) is 0 Å². The van der Waals surface area contributed by atoms with Gasteiger partial charge in [0.1, 0.15) is 0 Å². The zero-order chi connectivity index (χ0) is 8.62. The van der Waals surface area contributed by atoms with Crippen molar-refractivity contribution in [3.8, 4) is 0 Å². The van der Waals surface area contributed by atoms with Gasteiger partial charge in [-0.1, -0.05) is 13.3 Å². The molecule has 0 amide bonds. The van der Waals surface area contributed by atoms with Gasteiger partial charge >= 0.3 is 37.7 Å². The third-order valence-electron chi connectivity index (χ3n) is 0.512. The summed E-state index contributed by atoms with van der Waals surface area (Å²) in [4.78, 5) is 24.3. The predicted molar refractivity (Wildman–Crippen MR) is 37.6 cm³/mol. The smallest absolute Gasteiger partial charge is 0.790 e. The molecule has 0 aromatic carbocycles. The van der Waals surface area contributed by atoms with E-state index >= 15 is 0 Å². The summed E-state index contributed by atoms with van der Waals surface area (Å²) in [5, 5.41) is 8.07. The van der Waals surface area contributed by atoms with Crippen molar-refractivity contribution >= 4 is 45.6 Å². The van der Waals surface area contributed by atoms with Crippen molar-refractivity contribution in [3.05, 3.63) is 0 Å². The summed E-state index contributed by atoms with van der Waals surface area (Å²) in [6.07, 6.45) is 2.04. The van der Waals surface area contributed by atoms with Gasteiger partial charge in [-0.3, -0.25) is 0 Å². The average Bonchev–Trinajstić information content (AvgIpc) is 1.63. The molecule has 0 aromatic rings. The van der Waals surface area contributed by atoms with Crippen LogP contribution in [-0.4, -0.2) is 54.3 Å². The molecule has 0 aliphatic heterocycles. The summed E-state index contributed by atoms with van der Waals surface area (Å²) < 4.78 is 8.66. The summed E-state index contributed by atoms with van der Waals surface area (Å²) in [7, 11) is -5.14. The maximum Gasteiger partial charge on any atom is 2.00 e. The summed E-state index contributed by atoms with van der Waals surface area (Å²) in [6.45, 7) is 2.40. The van der Waals surface area contributed by atoms with Crippen molar-refractivity contribution in [1.29, 1.82) is 0 Å². The molecule has 7 heteroatoms. The van der Waals surface area contributed by atoms with Gasteiger partial charge in [0, 0.05) is 6.61 Å². The van der Waals surface area contributed by atoms with E-state index in [-0.39, 0.29) is 37.7 Å². The molecule has 0 atom stereocenters. The SMILES string of the molecule is CCCCO.O=P([O-])([O-])O.[Ca+2]. The first kappa shape index (κ1) is 18.2. The quantitative estimate of drug-likeness (QED) is 0.413. The Hall–Kier alpha value is 1.33. The van der Waals surface area contributed by atoms with Crippen LogP contribution < -0.4 is 9.79 Å². The van der Waals surface area contributed by atoms with Gasteiger partial charge in [-0.2, -0.15) is 0 Å². The molecule has 11 heavy (non-hydrogen) atoms. The number of unbranched alkanes of at least 4 members (excludes halogenated alkanes) is 1. The summed E-state index contributed by atoms with van der Waals surface area (Å²) in [5.74, 6) is 0. The van der Waals surface area contributed by atoms with Crippen LogP contribution in [0.3, 0.4) is 0 Å². The number of phosphoric acid groups is 1. The van der Waals surface area contributed by atoms with Crippen LogP contribution in [0.5, 0.6) is 0 Å². The first-order valence-corrected chi connectivity index (χ1v) is 4.27. The van der Waals surface area contributed by atoms with Gasteiger partial charge in [-0.05, 0) is 6.42 Å². The normalized spacial score (nSPS) is 9.18. The third-order valence-corrected chi connectivity index (χ3v) is 0.512. The molecule has 0 bridgehead atoms. The molecule has 2 N–H and O–H groups in total. The van der Waals surface area contributed by atoms with E-state index in [4.69, 9.17) is 24.4 Å². The molecule has 0 aromatic heterocycles. The summed E-state index contributed by atoms with van der Waals surface area (Å²) in [6, 6.07) is 0. The number of hydrogen-bond donors (Lipinski definition) is 2. The van der Waals surface area contributed by atoms with Gasteiger partial charge in [-0.15, -0.1) is 0 Å². The van der Waals surface area contributed by atoms with Gasteiger partial charge in [0.2, 0.25) is 0 Å². The fourth-order valence-electron chi connectivity index (χ4n) is 0.158. The largest absolute Gasteiger partial charge is 2.00 e. The molecule has 0 radical (unpaired) electrons. The molecule has 0 saturated carbocycles. The molecule has 64 valence electrons. The van der Waals surface area contributed by atoms with Crippen LogP contribution in [-0.2, 0) is 4.57 Å². The third kappa shape index (κ3) is 88.9. The molecular weight excluding hydrogens is 199 g/mol. The molecule has 0 saturated heterocycles. The van der Waals surface area contributed by atoms with Crippen molar-refractivity contribution in [2.45, 2.75) is 19.8 Å². The van der Waals surface area contributed by atoms with E-state index in [1.165, 1.54) is 0 Å². The second-order valence-electron chi connectivity index (χ2n) is 1.55. The minimum Gasteiger partial charge on any atom is -0.790 e. The fraction of sp³-hybridized carbons (Fsp3) is 1.00. The van der Waals surface area contributed by atoms with Gasteiger partial charge in [-0.25, -0.2) is 0 Å². The maximum atomic E-state index is 8.66. The van der Waals surface area contributed by atoms with Crippen LogP contribution in [0.4, 0.5) is 0 Å². The zero-order valence-corrected chi connectivity index (χ0v) is 9.50. The minimum absolute atomic E-state index is 0. The molecule has 0 fully saturated rings. The Kier molecular flexibility index (Phi) is 18.7. The van der Waals surface area contributed by atoms with Gasteiger partial charge in [0.05, 0.1) is 7.82 Å². The summed E-state index contributed by atoms with van der Waals surface area (Å²) in [5.41, 5.74) is 0. The molecule has 0 aliphatic carbocycles. The van der Waals surface area contributed by atoms with Crippen molar-refractivity contribution in [2.24, 2.45) is 0 Å². The standard InChI is InChI=1S/C4H10O.Ca.H3O4P/c1-2-3-4-5;;1-5(2,3)4/h5H,2-4H2,1H3;;(H3,1,2,3,4)/q;+2;/p-2. The van der Waals surface area contributed by atoms with E-state index in [9.17, 15) is 0 Å². The second-order valence-corrected chi connectivity index (χ2v) is 2.48. The molecule has 0 unspecified atom stereocenters. The molecule has 0 heterocycles. The molecule has 0 rings (SSSR count). The second kappa shape index (κ2) is 11.3. The zero-order valence-electron chi connectivity index (χ0n) is 6.39. The molecule has 0 spiro atoms. The van der Waals surface area contributed by atoms with E-state index < -0.39 is 7.82 Å². The van der Waals surface area contributed by atoms with Gasteiger partial charge in [0.25, 0.3) is 0 Å². The fourth-order valence-corrected chi connectivity index (χ4v) is 0.158. The van der Waals surface area contributed by atoms with Crippen molar-refractivity contribution in [1.82, 2.24) is 0 Å². The Balaban J connectivity index is -0.000000107. The Bertz CT molecular complexity index is 92.4.